The summed E-state index contributed by atoms with van der Waals surface area (Å²) in [7, 11) is 0. The van der Waals surface area contributed by atoms with E-state index in [-0.39, 0.29) is 11.6 Å². The molecule has 22 heavy (non-hydrogen) atoms. The van der Waals surface area contributed by atoms with Gasteiger partial charge in [0.25, 0.3) is 5.91 Å². The highest BCUT2D eigenvalue weighted by atomic mass is 35.5. The summed E-state index contributed by atoms with van der Waals surface area (Å²) in [6.45, 7) is 1.76. The number of carbonyl (C=O) groups excluding carboxylic acids is 1. The maximum Gasteiger partial charge on any atom is 0.279 e. The zero-order chi connectivity index (χ0) is 15.5. The van der Waals surface area contributed by atoms with E-state index in [0.717, 1.165) is 0 Å². The smallest absolute Gasteiger partial charge is 0.279 e. The molecule has 0 aliphatic rings. The van der Waals surface area contributed by atoms with Crippen LogP contribution in [0.4, 0.5) is 5.82 Å². The first-order valence-corrected chi connectivity index (χ1v) is 6.94. The van der Waals surface area contributed by atoms with E-state index in [2.05, 4.69) is 20.6 Å². The van der Waals surface area contributed by atoms with Crippen LogP contribution in [-0.2, 0) is 0 Å². The van der Waals surface area contributed by atoms with E-state index >= 15 is 0 Å². The Labute approximate surface area is 131 Å². The number of hydrogen-bond acceptors (Lipinski definition) is 4. The number of nitrogens with zero attached hydrogens (tertiary/aromatic N) is 4. The summed E-state index contributed by atoms with van der Waals surface area (Å²) < 4.78 is 1.54. The molecule has 0 radical (unpaired) electrons. The van der Waals surface area contributed by atoms with Crippen molar-refractivity contribution < 1.29 is 4.79 Å². The van der Waals surface area contributed by atoms with Crippen LogP contribution in [0.1, 0.15) is 16.2 Å². The number of hydrogen-bond donors (Lipinski definition) is 1. The zero-order valence-corrected chi connectivity index (χ0v) is 12.4. The van der Waals surface area contributed by atoms with Gasteiger partial charge in [-0.1, -0.05) is 35.0 Å². The number of aromatic nitrogens is 4. The number of carbonyl (C=O) groups is 1. The highest BCUT2D eigenvalue weighted by molar-refractivity contribution is 6.32. The molecule has 7 heteroatoms. The number of pyridine rings is 1. The first-order valence-electron chi connectivity index (χ1n) is 6.56. The molecule has 0 atom stereocenters. The van der Waals surface area contributed by atoms with Gasteiger partial charge in [-0.15, -0.1) is 5.10 Å². The van der Waals surface area contributed by atoms with E-state index < -0.39 is 0 Å². The fraction of sp³-hybridized carbons (Fsp3) is 0.0667. The van der Waals surface area contributed by atoms with E-state index in [9.17, 15) is 4.79 Å². The average molecular weight is 314 g/mol. The standard InChI is InChI=1S/C15H12ClN5O/c1-10-14(15(22)18-13-8-4-5-9-17-13)19-20-21(10)12-7-3-2-6-11(12)16/h2-9H,1H3,(H,17,18,22). The van der Waals surface area contributed by atoms with E-state index in [0.29, 0.717) is 22.2 Å². The number of halogens is 1. The first-order chi connectivity index (χ1) is 10.7. The molecule has 6 nitrogen and oxygen atoms in total. The molecule has 0 unspecified atom stereocenters. The zero-order valence-electron chi connectivity index (χ0n) is 11.7. The van der Waals surface area contributed by atoms with Crippen molar-refractivity contribution in [1.82, 2.24) is 20.0 Å². The Kier molecular flexibility index (Phi) is 3.84. The number of rotatable bonds is 3. The van der Waals surface area contributed by atoms with Crippen LogP contribution in [0.5, 0.6) is 0 Å². The molecule has 0 aliphatic heterocycles. The minimum atomic E-state index is -0.366. The summed E-state index contributed by atoms with van der Waals surface area (Å²) in [6, 6.07) is 12.5. The quantitative estimate of drug-likeness (QED) is 0.807. The largest absolute Gasteiger partial charge is 0.305 e. The van der Waals surface area contributed by atoms with Gasteiger partial charge in [-0.3, -0.25) is 4.79 Å². The van der Waals surface area contributed by atoms with Gasteiger partial charge in [0.2, 0.25) is 0 Å². The van der Waals surface area contributed by atoms with Gasteiger partial charge in [0.1, 0.15) is 5.82 Å². The molecule has 3 aromatic rings. The number of anilines is 1. The Balaban J connectivity index is 1.91. The van der Waals surface area contributed by atoms with Crippen molar-refractivity contribution in [3.8, 4) is 5.69 Å². The van der Waals surface area contributed by atoms with Gasteiger partial charge < -0.3 is 5.32 Å². The molecule has 1 amide bonds. The number of nitrogens with one attached hydrogen (secondary N) is 1. The van der Waals surface area contributed by atoms with E-state index in [1.54, 1.807) is 37.4 Å². The van der Waals surface area contributed by atoms with Crippen LogP contribution in [0, 0.1) is 6.92 Å². The third-order valence-electron chi connectivity index (χ3n) is 3.10. The minimum Gasteiger partial charge on any atom is -0.305 e. The fourth-order valence-electron chi connectivity index (χ4n) is 2.00. The van der Waals surface area contributed by atoms with Gasteiger partial charge in [0, 0.05) is 6.20 Å². The van der Waals surface area contributed by atoms with Crippen molar-refractivity contribution in [2.45, 2.75) is 6.92 Å². The van der Waals surface area contributed by atoms with Crippen molar-refractivity contribution in [2.24, 2.45) is 0 Å². The Hall–Kier alpha value is -2.73. The molecule has 2 aromatic heterocycles. The summed E-state index contributed by atoms with van der Waals surface area (Å²) in [4.78, 5) is 16.3. The second kappa shape index (κ2) is 5.95. The Morgan fingerprint density at radius 3 is 2.68 bits per heavy atom. The topological polar surface area (TPSA) is 72.7 Å². The van der Waals surface area contributed by atoms with Gasteiger partial charge >= 0.3 is 0 Å². The molecule has 0 spiro atoms. The van der Waals surface area contributed by atoms with Crippen molar-refractivity contribution >= 4 is 23.3 Å². The van der Waals surface area contributed by atoms with Crippen LogP contribution >= 0.6 is 11.6 Å². The molecule has 110 valence electrons. The van der Waals surface area contributed by atoms with E-state index in [1.165, 1.54) is 4.68 Å². The van der Waals surface area contributed by atoms with Gasteiger partial charge in [-0.05, 0) is 31.2 Å². The average Bonchev–Trinajstić information content (AvgIpc) is 2.90. The van der Waals surface area contributed by atoms with Crippen molar-refractivity contribution in [3.05, 3.63) is 65.1 Å². The van der Waals surface area contributed by atoms with Crippen LogP contribution in [0.3, 0.4) is 0 Å². The van der Waals surface area contributed by atoms with Crippen molar-refractivity contribution in [1.29, 1.82) is 0 Å². The summed E-state index contributed by atoms with van der Waals surface area (Å²) in [5.41, 5.74) is 1.50. The second-order valence-corrected chi connectivity index (χ2v) is 4.96. The molecule has 0 aliphatic carbocycles. The van der Waals surface area contributed by atoms with Gasteiger partial charge in [-0.2, -0.15) is 0 Å². The molecular weight excluding hydrogens is 302 g/mol. The number of amides is 1. The molecule has 1 aromatic carbocycles. The fourth-order valence-corrected chi connectivity index (χ4v) is 2.22. The van der Waals surface area contributed by atoms with Gasteiger partial charge in [0.15, 0.2) is 5.69 Å². The molecular formula is C15H12ClN5O. The van der Waals surface area contributed by atoms with Crippen LogP contribution in [-0.4, -0.2) is 25.9 Å². The summed E-state index contributed by atoms with van der Waals surface area (Å²) in [5.74, 6) is 0.0914. The molecule has 0 fully saturated rings. The summed E-state index contributed by atoms with van der Waals surface area (Å²) >= 11 is 6.15. The Morgan fingerprint density at radius 2 is 1.95 bits per heavy atom. The summed E-state index contributed by atoms with van der Waals surface area (Å²) in [5, 5.41) is 11.2. The predicted molar refractivity (Wildman–Crippen MR) is 83.3 cm³/mol. The minimum absolute atomic E-state index is 0.227. The van der Waals surface area contributed by atoms with Gasteiger partial charge in [0.05, 0.1) is 16.4 Å². The third-order valence-corrected chi connectivity index (χ3v) is 3.42. The second-order valence-electron chi connectivity index (χ2n) is 4.56. The predicted octanol–water partition coefficient (Wildman–Crippen LogP) is 2.88. The Bertz CT molecular complexity index is 816. The SMILES string of the molecule is Cc1c(C(=O)Nc2ccccn2)nnn1-c1ccccc1Cl. The lowest BCUT2D eigenvalue weighted by Crippen LogP contribution is -2.15. The van der Waals surface area contributed by atoms with Crippen LogP contribution < -0.4 is 5.32 Å². The first kappa shape index (κ1) is 14.2. The highest BCUT2D eigenvalue weighted by Gasteiger charge is 2.18. The van der Waals surface area contributed by atoms with Crippen molar-refractivity contribution in [3.63, 3.8) is 0 Å². The normalized spacial score (nSPS) is 10.5. The third kappa shape index (κ3) is 2.68. The Morgan fingerprint density at radius 1 is 1.18 bits per heavy atom. The summed E-state index contributed by atoms with van der Waals surface area (Å²) in [6.07, 6.45) is 1.60. The maximum absolute atomic E-state index is 12.3. The lowest BCUT2D eigenvalue weighted by Gasteiger charge is -2.06. The molecule has 1 N–H and O–H groups in total. The highest BCUT2D eigenvalue weighted by Crippen LogP contribution is 2.21. The van der Waals surface area contributed by atoms with Gasteiger partial charge in [-0.25, -0.2) is 9.67 Å². The molecule has 2 heterocycles. The van der Waals surface area contributed by atoms with Crippen molar-refractivity contribution in [2.75, 3.05) is 5.32 Å². The van der Waals surface area contributed by atoms with E-state index in [4.69, 9.17) is 11.6 Å². The number of benzene rings is 1. The number of para-hydroxylation sites is 1. The monoisotopic (exact) mass is 313 g/mol. The van der Waals surface area contributed by atoms with Crippen LogP contribution in [0.2, 0.25) is 5.02 Å². The molecule has 3 rings (SSSR count). The van der Waals surface area contributed by atoms with Crippen LogP contribution in [0.25, 0.3) is 5.69 Å². The lowest BCUT2D eigenvalue weighted by molar-refractivity contribution is 0.102. The maximum atomic E-state index is 12.3. The molecule has 0 saturated heterocycles. The van der Waals surface area contributed by atoms with Crippen LogP contribution in [0.15, 0.2) is 48.7 Å². The molecule has 0 bridgehead atoms. The molecule has 0 saturated carbocycles. The lowest BCUT2D eigenvalue weighted by atomic mass is 10.3. The van der Waals surface area contributed by atoms with E-state index in [1.807, 2.05) is 18.2 Å².